The molecule has 0 bridgehead atoms. The van der Waals surface area contributed by atoms with Crippen LogP contribution in [-0.2, 0) is 14.8 Å². The van der Waals surface area contributed by atoms with E-state index >= 15 is 0 Å². The van der Waals surface area contributed by atoms with E-state index in [0.717, 1.165) is 17.7 Å². The van der Waals surface area contributed by atoms with E-state index in [1.54, 1.807) is 30.3 Å². The third-order valence-electron chi connectivity index (χ3n) is 5.27. The van der Waals surface area contributed by atoms with Gasteiger partial charge in [0.1, 0.15) is 0 Å². The second-order valence-electron chi connectivity index (χ2n) is 7.17. The van der Waals surface area contributed by atoms with Crippen LogP contribution < -0.4 is 0 Å². The Balaban J connectivity index is 1.32. The van der Waals surface area contributed by atoms with E-state index in [9.17, 15) is 13.2 Å². The molecule has 29 heavy (non-hydrogen) atoms. The minimum atomic E-state index is -3.48. The molecular formula is C21H24N4O3S. The second kappa shape index (κ2) is 8.44. The molecule has 0 atom stereocenters. The lowest BCUT2D eigenvalue weighted by Crippen LogP contribution is -2.50. The lowest BCUT2D eigenvalue weighted by Gasteiger charge is -2.33. The average molecular weight is 413 g/mol. The van der Waals surface area contributed by atoms with Crippen molar-refractivity contribution in [1.29, 1.82) is 0 Å². The van der Waals surface area contributed by atoms with Crippen LogP contribution in [0.4, 0.5) is 0 Å². The molecule has 152 valence electrons. The highest BCUT2D eigenvalue weighted by atomic mass is 32.2. The number of hydrogen-bond acceptors (Lipinski definition) is 5. The van der Waals surface area contributed by atoms with E-state index in [1.807, 2.05) is 35.2 Å². The van der Waals surface area contributed by atoms with Crippen molar-refractivity contribution in [3.8, 4) is 0 Å². The second-order valence-corrected chi connectivity index (χ2v) is 9.11. The molecule has 0 unspecified atom stereocenters. The Morgan fingerprint density at radius 2 is 1.48 bits per heavy atom. The van der Waals surface area contributed by atoms with Crippen LogP contribution in [0, 0.1) is 0 Å². The Bertz CT molecular complexity index is 985. The molecule has 2 aliphatic rings. The lowest BCUT2D eigenvalue weighted by molar-refractivity contribution is -0.132. The Hall–Kier alpha value is -2.55. The SMILES string of the molecule is O=C(CN1CCN(S(=O)(=O)c2ccccc2)CC1)N1CCC(c2ccccc2)=N1. The van der Waals surface area contributed by atoms with Crippen molar-refractivity contribution in [2.75, 3.05) is 39.3 Å². The summed E-state index contributed by atoms with van der Waals surface area (Å²) >= 11 is 0. The quantitative estimate of drug-likeness (QED) is 0.748. The minimum absolute atomic E-state index is 0.0460. The van der Waals surface area contributed by atoms with Crippen LogP contribution in [0.1, 0.15) is 12.0 Å². The zero-order valence-electron chi connectivity index (χ0n) is 16.1. The summed E-state index contributed by atoms with van der Waals surface area (Å²) in [7, 11) is -3.48. The molecule has 0 radical (unpaired) electrons. The summed E-state index contributed by atoms with van der Waals surface area (Å²) in [5.74, 6) is -0.0460. The molecule has 2 aromatic carbocycles. The van der Waals surface area contributed by atoms with Gasteiger partial charge in [-0.1, -0.05) is 48.5 Å². The standard InChI is InChI=1S/C21H24N4O3S/c26-21(25-12-11-20(22-25)18-7-3-1-4-8-18)17-23-13-15-24(16-14-23)29(27,28)19-9-5-2-6-10-19/h1-10H,11-17H2. The predicted octanol–water partition coefficient (Wildman–Crippen LogP) is 1.63. The molecule has 1 saturated heterocycles. The molecule has 0 saturated carbocycles. The zero-order chi connectivity index (χ0) is 20.3. The number of piperazine rings is 1. The van der Waals surface area contributed by atoms with Crippen molar-refractivity contribution in [3.05, 3.63) is 66.2 Å². The number of hydrogen-bond donors (Lipinski definition) is 0. The van der Waals surface area contributed by atoms with Crippen LogP contribution in [0.2, 0.25) is 0 Å². The topological polar surface area (TPSA) is 73.3 Å². The Morgan fingerprint density at radius 3 is 2.14 bits per heavy atom. The number of nitrogens with zero attached hydrogens (tertiary/aromatic N) is 4. The van der Waals surface area contributed by atoms with Gasteiger partial charge in [0, 0.05) is 32.6 Å². The van der Waals surface area contributed by atoms with Crippen molar-refractivity contribution in [2.24, 2.45) is 5.10 Å². The maximum Gasteiger partial charge on any atom is 0.256 e. The molecule has 2 heterocycles. The van der Waals surface area contributed by atoms with Gasteiger partial charge >= 0.3 is 0 Å². The third-order valence-corrected chi connectivity index (χ3v) is 7.18. The number of carbonyl (C=O) groups is 1. The van der Waals surface area contributed by atoms with E-state index in [-0.39, 0.29) is 12.5 Å². The first-order valence-electron chi connectivity index (χ1n) is 9.75. The fourth-order valence-corrected chi connectivity index (χ4v) is 5.06. The molecule has 0 spiro atoms. The summed E-state index contributed by atoms with van der Waals surface area (Å²) in [6, 6.07) is 18.4. The molecule has 0 N–H and O–H groups in total. The number of sulfonamides is 1. The Morgan fingerprint density at radius 1 is 0.862 bits per heavy atom. The molecule has 1 fully saturated rings. The van der Waals surface area contributed by atoms with Crippen molar-refractivity contribution < 1.29 is 13.2 Å². The van der Waals surface area contributed by atoms with Crippen LogP contribution in [0.3, 0.4) is 0 Å². The van der Waals surface area contributed by atoms with Gasteiger partial charge in [-0.15, -0.1) is 0 Å². The highest BCUT2D eigenvalue weighted by Gasteiger charge is 2.30. The molecule has 4 rings (SSSR count). The first-order valence-corrected chi connectivity index (χ1v) is 11.2. The van der Waals surface area contributed by atoms with Gasteiger partial charge in [0.25, 0.3) is 5.91 Å². The third kappa shape index (κ3) is 4.39. The van der Waals surface area contributed by atoms with Crippen molar-refractivity contribution in [1.82, 2.24) is 14.2 Å². The first-order chi connectivity index (χ1) is 14.0. The molecular weight excluding hydrogens is 388 g/mol. The van der Waals surface area contributed by atoms with E-state index in [1.165, 1.54) is 9.31 Å². The fraction of sp³-hybridized carbons (Fsp3) is 0.333. The highest BCUT2D eigenvalue weighted by molar-refractivity contribution is 7.89. The van der Waals surface area contributed by atoms with Gasteiger partial charge in [0.2, 0.25) is 10.0 Å². The Labute approximate surface area is 171 Å². The van der Waals surface area contributed by atoms with Crippen molar-refractivity contribution >= 4 is 21.6 Å². The largest absolute Gasteiger partial charge is 0.292 e. The monoisotopic (exact) mass is 412 g/mol. The number of benzene rings is 2. The van der Waals surface area contributed by atoms with Gasteiger partial charge in [-0.05, 0) is 17.7 Å². The van der Waals surface area contributed by atoms with Crippen LogP contribution in [-0.4, -0.2) is 73.5 Å². The van der Waals surface area contributed by atoms with Gasteiger partial charge in [-0.25, -0.2) is 13.4 Å². The molecule has 2 aliphatic heterocycles. The van der Waals surface area contributed by atoms with E-state index < -0.39 is 10.0 Å². The maximum atomic E-state index is 12.7. The zero-order valence-corrected chi connectivity index (χ0v) is 17.0. The highest BCUT2D eigenvalue weighted by Crippen LogP contribution is 2.18. The van der Waals surface area contributed by atoms with Crippen LogP contribution in [0.5, 0.6) is 0 Å². The van der Waals surface area contributed by atoms with Crippen molar-refractivity contribution in [2.45, 2.75) is 11.3 Å². The fourth-order valence-electron chi connectivity index (χ4n) is 3.61. The molecule has 0 aromatic heterocycles. The van der Waals surface area contributed by atoms with Gasteiger partial charge in [-0.2, -0.15) is 9.41 Å². The molecule has 7 nitrogen and oxygen atoms in total. The lowest BCUT2D eigenvalue weighted by atomic mass is 10.1. The Kier molecular flexibility index (Phi) is 5.75. The average Bonchev–Trinajstić information content (AvgIpc) is 3.26. The number of carbonyl (C=O) groups excluding carboxylic acids is 1. The predicted molar refractivity (Wildman–Crippen MR) is 111 cm³/mol. The number of hydrazone groups is 1. The summed E-state index contributed by atoms with van der Waals surface area (Å²) in [6.07, 6.45) is 0.749. The minimum Gasteiger partial charge on any atom is -0.292 e. The number of rotatable bonds is 5. The van der Waals surface area contributed by atoms with Crippen molar-refractivity contribution in [3.63, 3.8) is 0 Å². The van der Waals surface area contributed by atoms with Crippen LogP contribution in [0.15, 0.2) is 70.7 Å². The van der Waals surface area contributed by atoms with Gasteiger partial charge < -0.3 is 0 Å². The maximum absolute atomic E-state index is 12.7. The van der Waals surface area contributed by atoms with Gasteiger partial charge in [-0.3, -0.25) is 9.69 Å². The van der Waals surface area contributed by atoms with Crippen LogP contribution >= 0.6 is 0 Å². The molecule has 2 aromatic rings. The first kappa shape index (κ1) is 19.8. The summed E-state index contributed by atoms with van der Waals surface area (Å²) in [5, 5.41) is 6.02. The van der Waals surface area contributed by atoms with E-state index in [0.29, 0.717) is 37.6 Å². The van der Waals surface area contributed by atoms with Crippen LogP contribution in [0.25, 0.3) is 0 Å². The summed E-state index contributed by atoms with van der Waals surface area (Å²) in [4.78, 5) is 14.9. The summed E-state index contributed by atoms with van der Waals surface area (Å²) < 4.78 is 26.9. The van der Waals surface area contributed by atoms with E-state index in [4.69, 9.17) is 0 Å². The molecule has 0 aliphatic carbocycles. The van der Waals surface area contributed by atoms with Gasteiger partial charge in [0.05, 0.1) is 23.7 Å². The van der Waals surface area contributed by atoms with Gasteiger partial charge in [0.15, 0.2) is 0 Å². The van der Waals surface area contributed by atoms with E-state index in [2.05, 4.69) is 5.10 Å². The summed E-state index contributed by atoms with van der Waals surface area (Å²) in [6.45, 7) is 2.66. The smallest absolute Gasteiger partial charge is 0.256 e. The molecule has 1 amide bonds. The number of amides is 1. The normalized spacial score (nSPS) is 18.6. The summed E-state index contributed by atoms with van der Waals surface area (Å²) in [5.41, 5.74) is 1.97. The molecule has 8 heteroatoms.